The minimum atomic E-state index is -0.103. The smallest absolute Gasteiger partial charge is 0.253 e. The molecule has 8 nitrogen and oxygen atoms in total. The predicted molar refractivity (Wildman–Crippen MR) is 155 cm³/mol. The number of hydrogen-bond acceptors (Lipinski definition) is 6. The minimum absolute atomic E-state index is 0.0943. The van der Waals surface area contributed by atoms with Crippen LogP contribution in [0.2, 0.25) is 0 Å². The highest BCUT2D eigenvalue weighted by Gasteiger charge is 2.65. The van der Waals surface area contributed by atoms with Crippen LogP contribution >= 0.6 is 0 Å². The van der Waals surface area contributed by atoms with Gasteiger partial charge < -0.3 is 10.2 Å². The highest BCUT2D eigenvalue weighted by Crippen LogP contribution is 2.65. The summed E-state index contributed by atoms with van der Waals surface area (Å²) in [5.41, 5.74) is 4.80. The van der Waals surface area contributed by atoms with Crippen molar-refractivity contribution in [3.63, 3.8) is 0 Å². The monoisotopic (exact) mass is 547 g/mol. The number of halogens is 1. The van der Waals surface area contributed by atoms with Gasteiger partial charge in [-0.1, -0.05) is 37.3 Å². The van der Waals surface area contributed by atoms with Crippen molar-refractivity contribution in [3.05, 3.63) is 77.9 Å². The quantitative estimate of drug-likeness (QED) is 0.295. The van der Waals surface area contributed by atoms with Gasteiger partial charge >= 0.3 is 0 Å². The van der Waals surface area contributed by atoms with E-state index in [4.69, 9.17) is 9.97 Å². The third-order valence-corrected chi connectivity index (χ3v) is 9.56. The van der Waals surface area contributed by atoms with E-state index in [-0.39, 0.29) is 23.2 Å². The summed E-state index contributed by atoms with van der Waals surface area (Å²) in [6, 6.07) is 15.1. The SMILES string of the molecule is CC[C@]1(c2ccccc2F)[C@@H]2CCN(c3cnc4c(-c5ccc(C(=O)NC6CC6)c6ncccc56)[nH]nc4n3)C[C@@H]21. The Morgan fingerprint density at radius 1 is 1.07 bits per heavy atom. The molecule has 2 saturated carbocycles. The standard InChI is InChI=1S/C32H30FN7O/c1-2-32(23-7-3-4-8-25(23)33)22-13-15-40(17-24(22)32)26-16-35-29-28(38-39-30(29)37-26)20-11-12-21(31(41)36-18-9-10-18)27-19(20)6-5-14-34-27/h3-8,11-12,14,16,18,22,24H,2,9-10,13,15,17H2,1H3,(H,36,41)(H,37,38,39)/t22-,24+,32-/m1/s1. The van der Waals surface area contributed by atoms with E-state index in [0.717, 1.165) is 66.8 Å². The highest BCUT2D eigenvalue weighted by atomic mass is 19.1. The van der Waals surface area contributed by atoms with Crippen LogP contribution in [-0.4, -0.2) is 50.2 Å². The number of aromatic nitrogens is 5. The fourth-order valence-corrected chi connectivity index (χ4v) is 7.33. The van der Waals surface area contributed by atoms with E-state index in [9.17, 15) is 9.18 Å². The maximum Gasteiger partial charge on any atom is 0.253 e. The summed E-state index contributed by atoms with van der Waals surface area (Å²) in [7, 11) is 0. The van der Waals surface area contributed by atoms with Gasteiger partial charge in [-0.3, -0.25) is 14.9 Å². The molecule has 0 bridgehead atoms. The molecular weight excluding hydrogens is 517 g/mol. The van der Waals surface area contributed by atoms with Gasteiger partial charge in [0.2, 0.25) is 5.65 Å². The number of carbonyl (C=O) groups excluding carboxylic acids is 1. The number of anilines is 1. The molecule has 0 unspecified atom stereocenters. The molecule has 0 radical (unpaired) electrons. The molecule has 2 aromatic carbocycles. The van der Waals surface area contributed by atoms with E-state index in [1.54, 1.807) is 18.3 Å². The van der Waals surface area contributed by atoms with Crippen molar-refractivity contribution in [2.75, 3.05) is 18.0 Å². The van der Waals surface area contributed by atoms with Crippen LogP contribution < -0.4 is 10.2 Å². The van der Waals surface area contributed by atoms with E-state index in [1.807, 2.05) is 42.6 Å². The number of nitrogens with one attached hydrogen (secondary N) is 2. The van der Waals surface area contributed by atoms with Crippen LogP contribution in [0, 0.1) is 17.7 Å². The lowest BCUT2D eigenvalue weighted by Crippen LogP contribution is -2.32. The van der Waals surface area contributed by atoms with Crippen LogP contribution in [0.3, 0.4) is 0 Å². The topological polar surface area (TPSA) is 99.7 Å². The highest BCUT2D eigenvalue weighted by molar-refractivity contribution is 6.10. The fourth-order valence-electron chi connectivity index (χ4n) is 7.33. The molecule has 206 valence electrons. The second kappa shape index (κ2) is 9.06. The molecule has 2 N–H and O–H groups in total. The molecule has 8 rings (SSSR count). The lowest BCUT2D eigenvalue weighted by atomic mass is 9.88. The molecule has 4 heterocycles. The molecule has 5 aromatic rings. The van der Waals surface area contributed by atoms with Crippen LogP contribution in [0.1, 0.15) is 48.5 Å². The van der Waals surface area contributed by atoms with Gasteiger partial charge in [0.1, 0.15) is 17.2 Å². The third kappa shape index (κ3) is 3.74. The van der Waals surface area contributed by atoms with Crippen LogP contribution in [0.15, 0.2) is 60.9 Å². The Morgan fingerprint density at radius 2 is 1.95 bits per heavy atom. The zero-order chi connectivity index (χ0) is 27.7. The van der Waals surface area contributed by atoms with Gasteiger partial charge in [-0.15, -0.1) is 0 Å². The van der Waals surface area contributed by atoms with Gasteiger partial charge in [0.25, 0.3) is 5.91 Å². The second-order valence-corrected chi connectivity index (χ2v) is 11.6. The molecule has 3 aliphatic rings. The molecule has 9 heteroatoms. The maximum absolute atomic E-state index is 14.8. The first-order valence-electron chi connectivity index (χ1n) is 14.5. The van der Waals surface area contributed by atoms with E-state index in [1.165, 1.54) is 0 Å². The molecule has 41 heavy (non-hydrogen) atoms. The van der Waals surface area contributed by atoms with E-state index in [2.05, 4.69) is 32.3 Å². The first-order chi connectivity index (χ1) is 20.1. The largest absolute Gasteiger partial charge is 0.355 e. The number of H-pyrrole nitrogens is 1. The molecule has 3 aromatic heterocycles. The van der Waals surface area contributed by atoms with Crippen molar-refractivity contribution in [2.45, 2.75) is 44.1 Å². The van der Waals surface area contributed by atoms with E-state index < -0.39 is 0 Å². The molecule has 1 amide bonds. The maximum atomic E-state index is 14.8. The van der Waals surface area contributed by atoms with Crippen molar-refractivity contribution in [1.29, 1.82) is 0 Å². The van der Waals surface area contributed by atoms with Gasteiger partial charge in [-0.05, 0) is 61.3 Å². The number of pyridine rings is 1. The molecule has 1 saturated heterocycles. The average molecular weight is 548 g/mol. The molecule has 2 aliphatic carbocycles. The van der Waals surface area contributed by atoms with Crippen LogP contribution in [0.4, 0.5) is 10.2 Å². The number of carbonyl (C=O) groups is 1. The van der Waals surface area contributed by atoms with Gasteiger partial charge in [0.15, 0.2) is 0 Å². The minimum Gasteiger partial charge on any atom is -0.355 e. The Bertz CT molecular complexity index is 1830. The first-order valence-corrected chi connectivity index (χ1v) is 14.5. The fraction of sp³-hybridized carbons (Fsp3) is 0.344. The van der Waals surface area contributed by atoms with E-state index >= 15 is 0 Å². The molecule has 1 aliphatic heterocycles. The summed E-state index contributed by atoms with van der Waals surface area (Å²) in [4.78, 5) is 29.4. The number of rotatable bonds is 6. The van der Waals surface area contributed by atoms with Gasteiger partial charge in [-0.25, -0.2) is 14.4 Å². The van der Waals surface area contributed by atoms with Crippen LogP contribution in [0.25, 0.3) is 33.3 Å². The molecule has 0 spiro atoms. The van der Waals surface area contributed by atoms with E-state index in [0.29, 0.717) is 34.1 Å². The summed E-state index contributed by atoms with van der Waals surface area (Å²) < 4.78 is 14.8. The molecule has 3 atom stereocenters. The Kier molecular flexibility index (Phi) is 5.39. The third-order valence-electron chi connectivity index (χ3n) is 9.56. The van der Waals surface area contributed by atoms with Crippen molar-refractivity contribution >= 4 is 33.8 Å². The van der Waals surface area contributed by atoms with Crippen molar-refractivity contribution < 1.29 is 9.18 Å². The summed E-state index contributed by atoms with van der Waals surface area (Å²) in [6.45, 7) is 3.86. The first kappa shape index (κ1) is 24.4. The lowest BCUT2D eigenvalue weighted by molar-refractivity contribution is 0.0952. The molecular formula is C32H30FN7O. The summed E-state index contributed by atoms with van der Waals surface area (Å²) in [5, 5.41) is 11.6. The zero-order valence-corrected chi connectivity index (χ0v) is 22.8. The number of hydrogen-bond donors (Lipinski definition) is 2. The lowest BCUT2D eigenvalue weighted by Gasteiger charge is -2.26. The number of amides is 1. The summed E-state index contributed by atoms with van der Waals surface area (Å²) >= 11 is 0. The normalized spacial score (nSPS) is 23.5. The second-order valence-electron chi connectivity index (χ2n) is 11.6. The van der Waals surface area contributed by atoms with Crippen LogP contribution in [0.5, 0.6) is 0 Å². The van der Waals surface area contributed by atoms with Crippen LogP contribution in [-0.2, 0) is 5.41 Å². The molecule has 3 fully saturated rings. The number of piperidine rings is 1. The summed E-state index contributed by atoms with van der Waals surface area (Å²) in [6.07, 6.45) is 7.50. The van der Waals surface area contributed by atoms with Crippen molar-refractivity contribution in [2.24, 2.45) is 11.8 Å². The summed E-state index contributed by atoms with van der Waals surface area (Å²) in [5.74, 6) is 1.48. The average Bonchev–Trinajstić information content (AvgIpc) is 3.90. The van der Waals surface area contributed by atoms with Gasteiger partial charge in [-0.2, -0.15) is 5.10 Å². The Labute approximate surface area is 236 Å². The number of aromatic amines is 1. The number of nitrogens with zero attached hydrogens (tertiary/aromatic N) is 5. The predicted octanol–water partition coefficient (Wildman–Crippen LogP) is 5.40. The Morgan fingerprint density at radius 3 is 2.78 bits per heavy atom. The number of fused-ring (bicyclic) bond motifs is 3. The Balaban J connectivity index is 1.10. The Hall–Kier alpha value is -4.40. The zero-order valence-electron chi connectivity index (χ0n) is 22.8. The van der Waals surface area contributed by atoms with Gasteiger partial charge in [0, 0.05) is 41.7 Å². The van der Waals surface area contributed by atoms with Crippen molar-refractivity contribution in [1.82, 2.24) is 30.5 Å². The van der Waals surface area contributed by atoms with Crippen molar-refractivity contribution in [3.8, 4) is 11.3 Å². The number of benzene rings is 2. The van der Waals surface area contributed by atoms with Gasteiger partial charge in [0.05, 0.1) is 23.0 Å².